The van der Waals surface area contributed by atoms with Crippen LogP contribution in [0.2, 0.25) is 0 Å². The Labute approximate surface area is 105 Å². The fourth-order valence-electron chi connectivity index (χ4n) is 2.04. The van der Waals surface area contributed by atoms with Gasteiger partial charge < -0.3 is 0 Å². The van der Waals surface area contributed by atoms with E-state index in [9.17, 15) is 9.59 Å². The molecule has 0 N–H and O–H groups in total. The van der Waals surface area contributed by atoms with Crippen LogP contribution in [0.5, 0.6) is 0 Å². The average molecular weight is 261 g/mol. The Morgan fingerprint density at radius 2 is 1.38 bits per heavy atom. The van der Waals surface area contributed by atoms with Crippen molar-refractivity contribution in [2.24, 2.45) is 11.8 Å². The van der Waals surface area contributed by atoms with Crippen LogP contribution in [0, 0.1) is 11.8 Å². The summed E-state index contributed by atoms with van der Waals surface area (Å²) in [4.78, 5) is 21.2. The van der Waals surface area contributed by atoms with Crippen LogP contribution in [0.4, 0.5) is 0 Å². The summed E-state index contributed by atoms with van der Waals surface area (Å²) in [5.74, 6) is 0.744. The summed E-state index contributed by atoms with van der Waals surface area (Å²) in [6.07, 6.45) is 10.7. The van der Waals surface area contributed by atoms with Gasteiger partial charge in [0.15, 0.2) is 0 Å². The van der Waals surface area contributed by atoms with Gasteiger partial charge in [0, 0.05) is 0 Å². The minimum absolute atomic E-state index is 0.372. The summed E-state index contributed by atoms with van der Waals surface area (Å²) in [5.41, 5.74) is 0. The van der Waals surface area contributed by atoms with Crippen molar-refractivity contribution in [1.82, 2.24) is 0 Å². The average Bonchev–Trinajstić information content (AvgIpc) is 2.24. The third kappa shape index (κ3) is 5.47. The molecule has 88 valence electrons. The molecule has 0 aromatic carbocycles. The van der Waals surface area contributed by atoms with Gasteiger partial charge in [0.05, 0.1) is 0 Å². The summed E-state index contributed by atoms with van der Waals surface area (Å²) in [5, 5.41) is -0.873. The maximum Gasteiger partial charge on any atom is 0.244 e. The SMILES string of the molecule is O=C(Cl)C=C[C@H]1CCC[C@H](C=CC(=O)Cl)C1. The second-order valence-corrected chi connectivity index (χ2v) is 4.76. The first kappa shape index (κ1) is 13.5. The molecule has 0 heterocycles. The molecule has 1 aliphatic rings. The quantitative estimate of drug-likeness (QED) is 0.573. The van der Waals surface area contributed by atoms with Crippen molar-refractivity contribution in [2.75, 3.05) is 0 Å². The molecule has 16 heavy (non-hydrogen) atoms. The summed E-state index contributed by atoms with van der Waals surface area (Å²) in [6.45, 7) is 0. The van der Waals surface area contributed by atoms with Gasteiger partial charge >= 0.3 is 0 Å². The van der Waals surface area contributed by atoms with Crippen molar-refractivity contribution in [2.45, 2.75) is 25.7 Å². The molecule has 0 aromatic rings. The lowest BCUT2D eigenvalue weighted by Crippen LogP contribution is -2.12. The maximum atomic E-state index is 10.6. The summed E-state index contributed by atoms with van der Waals surface area (Å²) in [6, 6.07) is 0. The third-order valence-corrected chi connectivity index (χ3v) is 3.01. The molecule has 4 heteroatoms. The predicted octanol–water partition coefficient (Wildman–Crippen LogP) is 3.44. The van der Waals surface area contributed by atoms with Crippen LogP contribution in [0.1, 0.15) is 25.7 Å². The van der Waals surface area contributed by atoms with E-state index in [1.807, 2.05) is 12.2 Å². The molecule has 2 nitrogen and oxygen atoms in total. The highest BCUT2D eigenvalue weighted by Crippen LogP contribution is 2.30. The Kier molecular flexibility index (Phi) is 5.78. The standard InChI is InChI=1S/C12H14Cl2O2/c13-11(15)6-4-9-2-1-3-10(8-9)5-7-12(14)16/h4-7,9-10H,1-3,8H2/t9-,10-/m1/s1. The number of halogens is 2. The molecular formula is C12H14Cl2O2. The molecule has 0 unspecified atom stereocenters. The molecule has 0 radical (unpaired) electrons. The molecule has 0 aliphatic heterocycles. The first-order chi connectivity index (χ1) is 7.58. The van der Waals surface area contributed by atoms with Crippen molar-refractivity contribution >= 4 is 33.7 Å². The van der Waals surface area contributed by atoms with Crippen LogP contribution < -0.4 is 0 Å². The summed E-state index contributed by atoms with van der Waals surface area (Å²) in [7, 11) is 0. The zero-order chi connectivity index (χ0) is 12.0. The van der Waals surface area contributed by atoms with Crippen LogP contribution in [-0.2, 0) is 9.59 Å². The Bertz CT molecular complexity index is 291. The minimum Gasteiger partial charge on any atom is -0.276 e. The molecule has 0 saturated heterocycles. The van der Waals surface area contributed by atoms with Gasteiger partial charge in [0.25, 0.3) is 0 Å². The molecular weight excluding hydrogens is 247 g/mol. The number of hydrogen-bond acceptors (Lipinski definition) is 2. The number of carbonyl (C=O) groups is 2. The summed E-state index contributed by atoms with van der Waals surface area (Å²) >= 11 is 10.5. The number of rotatable bonds is 4. The number of carbonyl (C=O) groups excluding carboxylic acids is 2. The Morgan fingerprint density at radius 1 is 0.938 bits per heavy atom. The van der Waals surface area contributed by atoms with E-state index < -0.39 is 10.5 Å². The van der Waals surface area contributed by atoms with E-state index in [1.165, 1.54) is 12.2 Å². The van der Waals surface area contributed by atoms with E-state index in [4.69, 9.17) is 23.2 Å². The van der Waals surface area contributed by atoms with Gasteiger partial charge in [-0.1, -0.05) is 18.6 Å². The van der Waals surface area contributed by atoms with E-state index in [-0.39, 0.29) is 0 Å². The van der Waals surface area contributed by atoms with Gasteiger partial charge in [-0.3, -0.25) is 9.59 Å². The molecule has 2 atom stereocenters. The number of hydrogen-bond donors (Lipinski definition) is 0. The van der Waals surface area contributed by atoms with Gasteiger partial charge in [-0.15, -0.1) is 0 Å². The second-order valence-electron chi connectivity index (χ2n) is 4.01. The highest BCUT2D eigenvalue weighted by molar-refractivity contribution is 6.66. The van der Waals surface area contributed by atoms with Crippen LogP contribution in [0.25, 0.3) is 0 Å². The van der Waals surface area contributed by atoms with Gasteiger partial charge in [0.2, 0.25) is 10.5 Å². The Hall–Kier alpha value is -0.600. The normalized spacial score (nSPS) is 26.4. The topological polar surface area (TPSA) is 34.1 Å². The largest absolute Gasteiger partial charge is 0.276 e. The van der Waals surface area contributed by atoms with Gasteiger partial charge in [-0.05, 0) is 66.5 Å². The Morgan fingerprint density at radius 3 is 1.75 bits per heavy atom. The van der Waals surface area contributed by atoms with Crippen LogP contribution in [0.3, 0.4) is 0 Å². The van der Waals surface area contributed by atoms with E-state index in [2.05, 4.69) is 0 Å². The first-order valence-electron chi connectivity index (χ1n) is 5.33. The lowest BCUT2D eigenvalue weighted by molar-refractivity contribution is -0.108. The van der Waals surface area contributed by atoms with Crippen molar-refractivity contribution in [3.63, 3.8) is 0 Å². The fourth-order valence-corrected chi connectivity index (χ4v) is 2.19. The van der Waals surface area contributed by atoms with Gasteiger partial charge in [0.1, 0.15) is 0 Å². The monoisotopic (exact) mass is 260 g/mol. The van der Waals surface area contributed by atoms with E-state index in [0.29, 0.717) is 11.8 Å². The molecule has 0 aromatic heterocycles. The number of allylic oxidation sites excluding steroid dienone is 4. The summed E-state index contributed by atoms with van der Waals surface area (Å²) < 4.78 is 0. The van der Waals surface area contributed by atoms with Crippen LogP contribution in [0.15, 0.2) is 24.3 Å². The van der Waals surface area contributed by atoms with Gasteiger partial charge in [-0.25, -0.2) is 0 Å². The molecule has 1 aliphatic carbocycles. The molecule has 0 amide bonds. The van der Waals surface area contributed by atoms with Crippen LogP contribution >= 0.6 is 23.2 Å². The van der Waals surface area contributed by atoms with E-state index in [0.717, 1.165) is 25.7 Å². The van der Waals surface area contributed by atoms with Crippen molar-refractivity contribution in [3.8, 4) is 0 Å². The van der Waals surface area contributed by atoms with E-state index >= 15 is 0 Å². The molecule has 1 saturated carbocycles. The molecule has 0 bridgehead atoms. The zero-order valence-corrected chi connectivity index (χ0v) is 10.4. The zero-order valence-electron chi connectivity index (χ0n) is 8.86. The molecule has 1 rings (SSSR count). The van der Waals surface area contributed by atoms with Crippen molar-refractivity contribution < 1.29 is 9.59 Å². The minimum atomic E-state index is -0.436. The lowest BCUT2D eigenvalue weighted by Gasteiger charge is -2.24. The maximum absolute atomic E-state index is 10.6. The molecule has 1 fully saturated rings. The fraction of sp³-hybridized carbons (Fsp3) is 0.500. The van der Waals surface area contributed by atoms with Crippen LogP contribution in [-0.4, -0.2) is 10.5 Å². The molecule has 0 spiro atoms. The van der Waals surface area contributed by atoms with Gasteiger partial charge in [-0.2, -0.15) is 0 Å². The second kappa shape index (κ2) is 6.87. The highest BCUT2D eigenvalue weighted by atomic mass is 35.5. The van der Waals surface area contributed by atoms with Crippen molar-refractivity contribution in [3.05, 3.63) is 24.3 Å². The Balaban J connectivity index is 2.47. The lowest BCUT2D eigenvalue weighted by atomic mass is 9.81. The van der Waals surface area contributed by atoms with Crippen molar-refractivity contribution in [1.29, 1.82) is 0 Å². The predicted molar refractivity (Wildman–Crippen MR) is 65.4 cm³/mol. The van der Waals surface area contributed by atoms with E-state index in [1.54, 1.807) is 0 Å². The first-order valence-corrected chi connectivity index (χ1v) is 6.09. The highest BCUT2D eigenvalue weighted by Gasteiger charge is 2.18. The third-order valence-electron chi connectivity index (χ3n) is 2.75. The smallest absolute Gasteiger partial charge is 0.244 e.